The normalized spacial score (nSPS) is 28.3. The summed E-state index contributed by atoms with van der Waals surface area (Å²) < 4.78 is 0. The first-order valence-corrected chi connectivity index (χ1v) is 7.42. The molecule has 0 aliphatic heterocycles. The Hall–Kier alpha value is -0.240. The summed E-state index contributed by atoms with van der Waals surface area (Å²) in [6.07, 6.45) is 5.16. The molecule has 0 heterocycles. The minimum atomic E-state index is 0.324. The van der Waals surface area contributed by atoms with Gasteiger partial charge in [0.1, 0.15) is 0 Å². The summed E-state index contributed by atoms with van der Waals surface area (Å²) in [5.41, 5.74) is 1.66. The van der Waals surface area contributed by atoms with E-state index in [9.17, 15) is 0 Å². The lowest BCUT2D eigenvalue weighted by Crippen LogP contribution is -2.37. The van der Waals surface area contributed by atoms with Crippen LogP contribution in [-0.2, 0) is 0 Å². The van der Waals surface area contributed by atoms with Crippen molar-refractivity contribution >= 4 is 23.2 Å². The third-order valence-electron chi connectivity index (χ3n) is 4.26. The van der Waals surface area contributed by atoms with Crippen molar-refractivity contribution in [3.05, 3.63) is 33.8 Å². The second kappa shape index (κ2) is 5.81. The van der Waals surface area contributed by atoms with Crippen LogP contribution in [0.15, 0.2) is 18.2 Å². The molecule has 0 saturated heterocycles. The van der Waals surface area contributed by atoms with Gasteiger partial charge in [0.15, 0.2) is 0 Å². The molecule has 2 atom stereocenters. The van der Waals surface area contributed by atoms with Crippen LogP contribution in [0.1, 0.15) is 44.1 Å². The molecule has 0 aromatic heterocycles. The van der Waals surface area contributed by atoms with Crippen LogP contribution in [0.5, 0.6) is 0 Å². The van der Waals surface area contributed by atoms with Crippen molar-refractivity contribution in [3.8, 4) is 0 Å². The maximum Gasteiger partial charge on any atom is 0.0595 e. The van der Waals surface area contributed by atoms with E-state index in [-0.39, 0.29) is 0 Å². The molecule has 1 aromatic carbocycles. The standard InChI is InChI=1S/C15H21Cl2N/c1-15(10-18-2)8-4-3-5-12(15)11-6-7-13(16)14(17)9-11/h6-7,9,12,18H,3-5,8,10H2,1-2H3. The first kappa shape index (κ1) is 14.2. The second-order valence-corrected chi connectivity index (χ2v) is 6.47. The Kier molecular flexibility index (Phi) is 4.58. The number of nitrogens with one attached hydrogen (secondary N) is 1. The SMILES string of the molecule is CNCC1(C)CCCCC1c1ccc(Cl)c(Cl)c1. The van der Waals surface area contributed by atoms with Gasteiger partial charge >= 0.3 is 0 Å². The van der Waals surface area contributed by atoms with Crippen LogP contribution in [0.2, 0.25) is 10.0 Å². The summed E-state index contributed by atoms with van der Waals surface area (Å²) in [4.78, 5) is 0. The summed E-state index contributed by atoms with van der Waals surface area (Å²) in [6.45, 7) is 3.44. The summed E-state index contributed by atoms with van der Waals surface area (Å²) in [6, 6.07) is 6.11. The molecule has 2 unspecified atom stereocenters. The fourth-order valence-electron chi connectivity index (χ4n) is 3.31. The number of hydrogen-bond donors (Lipinski definition) is 1. The maximum absolute atomic E-state index is 6.16. The lowest BCUT2D eigenvalue weighted by Gasteiger charge is -2.42. The first-order chi connectivity index (χ1) is 8.57. The fourth-order valence-corrected chi connectivity index (χ4v) is 3.62. The zero-order valence-corrected chi connectivity index (χ0v) is 12.6. The van der Waals surface area contributed by atoms with Gasteiger partial charge in [-0.25, -0.2) is 0 Å². The van der Waals surface area contributed by atoms with Gasteiger partial charge in [-0.15, -0.1) is 0 Å². The van der Waals surface area contributed by atoms with Gasteiger partial charge in [0.25, 0.3) is 0 Å². The highest BCUT2D eigenvalue weighted by molar-refractivity contribution is 6.42. The molecule has 1 saturated carbocycles. The van der Waals surface area contributed by atoms with Crippen LogP contribution < -0.4 is 5.32 Å². The second-order valence-electron chi connectivity index (χ2n) is 5.66. The van der Waals surface area contributed by atoms with Crippen LogP contribution in [0.4, 0.5) is 0 Å². The molecule has 2 rings (SSSR count). The lowest BCUT2D eigenvalue weighted by molar-refractivity contribution is 0.172. The highest BCUT2D eigenvalue weighted by atomic mass is 35.5. The molecule has 1 aliphatic carbocycles. The monoisotopic (exact) mass is 285 g/mol. The van der Waals surface area contributed by atoms with E-state index >= 15 is 0 Å². The smallest absolute Gasteiger partial charge is 0.0595 e. The molecule has 0 radical (unpaired) electrons. The van der Waals surface area contributed by atoms with Gasteiger partial charge in [0, 0.05) is 6.54 Å². The molecular formula is C15H21Cl2N. The van der Waals surface area contributed by atoms with Crippen molar-refractivity contribution in [2.75, 3.05) is 13.6 Å². The predicted octanol–water partition coefficient (Wildman–Crippen LogP) is 4.88. The van der Waals surface area contributed by atoms with Crippen LogP contribution in [0, 0.1) is 5.41 Å². The minimum absolute atomic E-state index is 0.324. The molecule has 0 amide bonds. The van der Waals surface area contributed by atoms with E-state index in [2.05, 4.69) is 18.3 Å². The van der Waals surface area contributed by atoms with Crippen molar-refractivity contribution < 1.29 is 0 Å². The van der Waals surface area contributed by atoms with Crippen molar-refractivity contribution in [1.82, 2.24) is 5.32 Å². The minimum Gasteiger partial charge on any atom is -0.319 e. The Morgan fingerprint density at radius 2 is 2.06 bits per heavy atom. The van der Waals surface area contributed by atoms with Crippen molar-refractivity contribution in [1.29, 1.82) is 0 Å². The van der Waals surface area contributed by atoms with E-state index in [1.54, 1.807) is 0 Å². The molecule has 1 aliphatic rings. The Balaban J connectivity index is 2.30. The Bertz CT molecular complexity index is 415. The molecule has 100 valence electrons. The van der Waals surface area contributed by atoms with E-state index in [1.807, 2.05) is 19.2 Å². The summed E-state index contributed by atoms with van der Waals surface area (Å²) in [5, 5.41) is 4.66. The molecule has 0 bridgehead atoms. The van der Waals surface area contributed by atoms with Crippen LogP contribution >= 0.6 is 23.2 Å². The highest BCUT2D eigenvalue weighted by Gasteiger charge is 2.36. The van der Waals surface area contributed by atoms with Gasteiger partial charge < -0.3 is 5.32 Å². The zero-order chi connectivity index (χ0) is 13.2. The van der Waals surface area contributed by atoms with Crippen LogP contribution in [0.25, 0.3) is 0 Å². The van der Waals surface area contributed by atoms with Crippen LogP contribution in [0.3, 0.4) is 0 Å². The Morgan fingerprint density at radius 1 is 1.28 bits per heavy atom. The van der Waals surface area contributed by atoms with Gasteiger partial charge in [0.2, 0.25) is 0 Å². The Morgan fingerprint density at radius 3 is 2.72 bits per heavy atom. The topological polar surface area (TPSA) is 12.0 Å². The van der Waals surface area contributed by atoms with E-state index in [0.717, 1.165) is 6.54 Å². The quantitative estimate of drug-likeness (QED) is 0.835. The molecule has 1 fully saturated rings. The number of halogens is 2. The summed E-state index contributed by atoms with van der Waals surface area (Å²) in [7, 11) is 2.03. The maximum atomic E-state index is 6.16. The third kappa shape index (κ3) is 2.84. The van der Waals surface area contributed by atoms with E-state index in [0.29, 0.717) is 21.4 Å². The molecule has 1 aromatic rings. The van der Waals surface area contributed by atoms with Crippen molar-refractivity contribution in [2.45, 2.75) is 38.5 Å². The lowest BCUT2D eigenvalue weighted by atomic mass is 9.65. The van der Waals surface area contributed by atoms with Gasteiger partial charge in [-0.1, -0.05) is 49.0 Å². The Labute approximate surface area is 120 Å². The van der Waals surface area contributed by atoms with Gasteiger partial charge in [0.05, 0.1) is 10.0 Å². The molecule has 0 spiro atoms. The number of hydrogen-bond acceptors (Lipinski definition) is 1. The number of rotatable bonds is 3. The van der Waals surface area contributed by atoms with E-state index in [4.69, 9.17) is 23.2 Å². The van der Waals surface area contributed by atoms with Crippen molar-refractivity contribution in [3.63, 3.8) is 0 Å². The third-order valence-corrected chi connectivity index (χ3v) is 5.00. The highest BCUT2D eigenvalue weighted by Crippen LogP contribution is 2.47. The van der Waals surface area contributed by atoms with E-state index in [1.165, 1.54) is 31.2 Å². The largest absolute Gasteiger partial charge is 0.319 e. The average molecular weight is 286 g/mol. The first-order valence-electron chi connectivity index (χ1n) is 6.66. The fraction of sp³-hybridized carbons (Fsp3) is 0.600. The average Bonchev–Trinajstić information content (AvgIpc) is 2.33. The summed E-state index contributed by atoms with van der Waals surface area (Å²) >= 11 is 12.2. The molecule has 1 N–H and O–H groups in total. The van der Waals surface area contributed by atoms with Gasteiger partial charge in [-0.2, -0.15) is 0 Å². The van der Waals surface area contributed by atoms with Gasteiger partial charge in [-0.05, 0) is 48.9 Å². The predicted molar refractivity (Wildman–Crippen MR) is 79.7 cm³/mol. The van der Waals surface area contributed by atoms with Gasteiger partial charge in [-0.3, -0.25) is 0 Å². The molecule has 1 nitrogen and oxygen atoms in total. The number of benzene rings is 1. The molecular weight excluding hydrogens is 265 g/mol. The molecule has 18 heavy (non-hydrogen) atoms. The zero-order valence-electron chi connectivity index (χ0n) is 11.1. The van der Waals surface area contributed by atoms with Crippen LogP contribution in [-0.4, -0.2) is 13.6 Å². The summed E-state index contributed by atoms with van der Waals surface area (Å²) in [5.74, 6) is 0.577. The molecule has 3 heteroatoms. The van der Waals surface area contributed by atoms with Crippen molar-refractivity contribution in [2.24, 2.45) is 5.41 Å². The van der Waals surface area contributed by atoms with E-state index < -0.39 is 0 Å².